The zero-order valence-electron chi connectivity index (χ0n) is 18.7. The van der Waals surface area contributed by atoms with Crippen LogP contribution in [0.1, 0.15) is 5.69 Å². The Morgan fingerprint density at radius 3 is 2.50 bits per heavy atom. The number of nitrogens with one attached hydrogen (secondary N) is 2. The van der Waals surface area contributed by atoms with Crippen LogP contribution in [0.25, 0.3) is 22.4 Å². The lowest BCUT2D eigenvalue weighted by atomic mass is 10.1. The van der Waals surface area contributed by atoms with Gasteiger partial charge in [-0.05, 0) is 49.4 Å². The molecule has 0 aliphatic heterocycles. The molecule has 0 atom stereocenters. The molecule has 34 heavy (non-hydrogen) atoms. The van der Waals surface area contributed by atoms with Crippen molar-refractivity contribution in [1.29, 1.82) is 0 Å². The van der Waals surface area contributed by atoms with E-state index in [1.165, 1.54) is 6.33 Å². The minimum atomic E-state index is 0.435. The third-order valence-electron chi connectivity index (χ3n) is 5.16. The number of rotatable bonds is 7. The Balaban J connectivity index is 1.39. The maximum absolute atomic E-state index is 5.41. The summed E-state index contributed by atoms with van der Waals surface area (Å²) in [6.45, 7) is 1.85. The van der Waals surface area contributed by atoms with Crippen LogP contribution in [0.5, 0.6) is 11.5 Å². The van der Waals surface area contributed by atoms with Crippen LogP contribution >= 0.6 is 0 Å². The second kappa shape index (κ2) is 9.02. The zero-order valence-corrected chi connectivity index (χ0v) is 18.7. The monoisotopic (exact) mass is 455 g/mol. The van der Waals surface area contributed by atoms with Crippen LogP contribution in [-0.4, -0.2) is 39.3 Å². The van der Waals surface area contributed by atoms with Crippen molar-refractivity contribution in [3.05, 3.63) is 66.7 Å². The fourth-order valence-corrected chi connectivity index (χ4v) is 3.53. The highest BCUT2D eigenvalue weighted by Gasteiger charge is 2.13. The van der Waals surface area contributed by atoms with Crippen LogP contribution in [-0.2, 0) is 0 Å². The summed E-state index contributed by atoms with van der Waals surface area (Å²) in [6, 6.07) is 15.2. The third-order valence-corrected chi connectivity index (χ3v) is 5.16. The van der Waals surface area contributed by atoms with Gasteiger partial charge in [-0.15, -0.1) is 0 Å². The summed E-state index contributed by atoms with van der Waals surface area (Å²) in [5.41, 5.74) is 4.41. The number of hydrogen-bond acceptors (Lipinski definition) is 10. The van der Waals surface area contributed by atoms with Crippen LogP contribution < -0.4 is 20.1 Å². The predicted octanol–water partition coefficient (Wildman–Crippen LogP) is 4.89. The lowest BCUT2D eigenvalue weighted by Gasteiger charge is -2.11. The van der Waals surface area contributed by atoms with E-state index in [9.17, 15) is 0 Å². The Morgan fingerprint density at radius 1 is 0.853 bits per heavy atom. The van der Waals surface area contributed by atoms with Gasteiger partial charge < -0.3 is 24.6 Å². The van der Waals surface area contributed by atoms with E-state index in [4.69, 9.17) is 14.0 Å². The van der Waals surface area contributed by atoms with Crippen molar-refractivity contribution < 1.29 is 14.0 Å². The first-order valence-corrected chi connectivity index (χ1v) is 10.4. The Morgan fingerprint density at radius 2 is 1.68 bits per heavy atom. The smallest absolute Gasteiger partial charge is 0.263 e. The molecule has 2 N–H and O–H groups in total. The van der Waals surface area contributed by atoms with Crippen molar-refractivity contribution in [2.45, 2.75) is 6.92 Å². The van der Waals surface area contributed by atoms with E-state index in [1.807, 2.05) is 55.5 Å². The second-order valence-electron chi connectivity index (χ2n) is 7.34. The van der Waals surface area contributed by atoms with Crippen LogP contribution in [0.3, 0.4) is 0 Å². The summed E-state index contributed by atoms with van der Waals surface area (Å²) in [5, 5.41) is 11.3. The van der Waals surface area contributed by atoms with Gasteiger partial charge >= 0.3 is 0 Å². The fraction of sp³-hybridized carbons (Fsp3) is 0.125. The lowest BCUT2D eigenvalue weighted by molar-refractivity contribution is 0.355. The van der Waals surface area contributed by atoms with Crippen LogP contribution in [0.4, 0.5) is 23.1 Å². The van der Waals surface area contributed by atoms with Gasteiger partial charge in [0.1, 0.15) is 17.5 Å². The standard InChI is InChI=1S/C24H21N7O3/c1-14-21-22(26-13-27-23(21)34-31-14)28-16-5-4-6-17(12-16)29-24-25-10-9-18(30-24)15-7-8-19(32-2)20(11-15)33-3/h4-13H,1-3H3,(H,25,29,30)(H,26,27,28). The summed E-state index contributed by atoms with van der Waals surface area (Å²) in [4.78, 5) is 17.4. The fourth-order valence-electron chi connectivity index (χ4n) is 3.53. The molecule has 170 valence electrons. The van der Waals surface area contributed by atoms with E-state index < -0.39 is 0 Å². The van der Waals surface area contributed by atoms with Crippen LogP contribution in [0, 0.1) is 6.92 Å². The topological polar surface area (TPSA) is 120 Å². The molecule has 0 aliphatic carbocycles. The molecule has 0 saturated heterocycles. The number of anilines is 4. The maximum atomic E-state index is 5.41. The van der Waals surface area contributed by atoms with Crippen molar-refractivity contribution in [3.63, 3.8) is 0 Å². The maximum Gasteiger partial charge on any atom is 0.263 e. The highest BCUT2D eigenvalue weighted by atomic mass is 16.5. The summed E-state index contributed by atoms with van der Waals surface area (Å²) in [5.74, 6) is 2.37. The molecule has 0 amide bonds. The molecule has 3 aromatic heterocycles. The molecule has 5 aromatic rings. The minimum Gasteiger partial charge on any atom is -0.493 e. The number of nitrogens with zero attached hydrogens (tertiary/aromatic N) is 5. The first-order chi connectivity index (χ1) is 16.6. The highest BCUT2D eigenvalue weighted by molar-refractivity contribution is 5.89. The molecule has 0 aliphatic rings. The predicted molar refractivity (Wildman–Crippen MR) is 128 cm³/mol. The van der Waals surface area contributed by atoms with Gasteiger partial charge in [0, 0.05) is 23.1 Å². The summed E-state index contributed by atoms with van der Waals surface area (Å²) in [7, 11) is 3.21. The van der Waals surface area contributed by atoms with Gasteiger partial charge in [-0.1, -0.05) is 11.2 Å². The number of benzene rings is 2. The number of fused-ring (bicyclic) bond motifs is 1. The average Bonchev–Trinajstić information content (AvgIpc) is 3.25. The van der Waals surface area contributed by atoms with Crippen molar-refractivity contribution in [3.8, 4) is 22.8 Å². The molecule has 2 aromatic carbocycles. The molecule has 0 spiro atoms. The zero-order chi connectivity index (χ0) is 23.5. The van der Waals surface area contributed by atoms with Gasteiger partial charge in [0.05, 0.1) is 25.6 Å². The second-order valence-corrected chi connectivity index (χ2v) is 7.34. The van der Waals surface area contributed by atoms with E-state index in [-0.39, 0.29) is 0 Å². The van der Waals surface area contributed by atoms with Gasteiger partial charge in [0.25, 0.3) is 5.71 Å². The van der Waals surface area contributed by atoms with Gasteiger partial charge in [-0.2, -0.15) is 4.98 Å². The molecule has 0 radical (unpaired) electrons. The normalized spacial score (nSPS) is 10.8. The van der Waals surface area contributed by atoms with Crippen molar-refractivity contribution >= 4 is 34.2 Å². The van der Waals surface area contributed by atoms with E-state index in [0.29, 0.717) is 34.7 Å². The average molecular weight is 455 g/mol. The summed E-state index contributed by atoms with van der Waals surface area (Å²) in [6.07, 6.45) is 3.14. The van der Waals surface area contributed by atoms with Crippen LogP contribution in [0.2, 0.25) is 0 Å². The first-order valence-electron chi connectivity index (χ1n) is 10.4. The van der Waals surface area contributed by atoms with Gasteiger partial charge in [-0.25, -0.2) is 15.0 Å². The van der Waals surface area contributed by atoms with Crippen LogP contribution in [0.15, 0.2) is 65.6 Å². The Hall–Kier alpha value is -4.73. The molecule has 10 heteroatoms. The Labute approximate surface area is 195 Å². The molecule has 3 heterocycles. The van der Waals surface area contributed by atoms with E-state index in [1.54, 1.807) is 20.4 Å². The quantitative estimate of drug-likeness (QED) is 0.351. The molecular weight excluding hydrogens is 434 g/mol. The third kappa shape index (κ3) is 4.16. The first kappa shape index (κ1) is 21.1. The van der Waals surface area contributed by atoms with Gasteiger partial charge in [-0.3, -0.25) is 0 Å². The molecule has 5 rings (SSSR count). The van der Waals surface area contributed by atoms with E-state index in [2.05, 4.69) is 35.7 Å². The SMILES string of the molecule is COc1ccc(-c2ccnc(Nc3cccc(Nc4ncnc5onc(C)c45)c3)n2)cc1OC. The number of aromatic nitrogens is 5. The molecule has 0 fully saturated rings. The Kier molecular flexibility index (Phi) is 5.61. The minimum absolute atomic E-state index is 0.435. The summed E-state index contributed by atoms with van der Waals surface area (Å²) < 4.78 is 15.9. The molecule has 0 unspecified atom stereocenters. The number of hydrogen-bond donors (Lipinski definition) is 2. The van der Waals surface area contributed by atoms with Gasteiger partial charge in [0.2, 0.25) is 5.95 Å². The molecule has 10 nitrogen and oxygen atoms in total. The summed E-state index contributed by atoms with van der Waals surface area (Å²) >= 11 is 0. The molecule has 0 bridgehead atoms. The lowest BCUT2D eigenvalue weighted by Crippen LogP contribution is -2.00. The largest absolute Gasteiger partial charge is 0.493 e. The number of ether oxygens (including phenoxy) is 2. The van der Waals surface area contributed by atoms with Gasteiger partial charge in [0.15, 0.2) is 11.5 Å². The van der Waals surface area contributed by atoms with E-state index in [0.717, 1.165) is 28.0 Å². The van der Waals surface area contributed by atoms with Crippen molar-refractivity contribution in [1.82, 2.24) is 25.1 Å². The van der Waals surface area contributed by atoms with E-state index >= 15 is 0 Å². The molecular formula is C24H21N7O3. The number of methoxy groups -OCH3 is 2. The van der Waals surface area contributed by atoms with Crippen molar-refractivity contribution in [2.75, 3.05) is 24.9 Å². The number of aryl methyl sites for hydroxylation is 1. The Bertz CT molecular complexity index is 1470. The van der Waals surface area contributed by atoms with Crippen molar-refractivity contribution in [2.24, 2.45) is 0 Å². The highest BCUT2D eigenvalue weighted by Crippen LogP contribution is 2.32. The molecule has 0 saturated carbocycles.